The molecule has 0 aliphatic rings. The molecular weight excluding hydrogens is 392 g/mol. The summed E-state index contributed by atoms with van der Waals surface area (Å²) in [5.74, 6) is -3.76. The molecule has 0 fully saturated rings. The molecule has 0 unspecified atom stereocenters. The molecule has 2 heterocycles. The number of aromatic amines is 1. The van der Waals surface area contributed by atoms with Gasteiger partial charge in [-0.25, -0.2) is 22.2 Å². The van der Waals surface area contributed by atoms with Crippen LogP contribution in [0.1, 0.15) is 34.8 Å². The summed E-state index contributed by atoms with van der Waals surface area (Å²) in [5.41, 5.74) is -1.27. The van der Waals surface area contributed by atoms with Crippen molar-refractivity contribution in [3.63, 3.8) is 0 Å². The van der Waals surface area contributed by atoms with Crippen molar-refractivity contribution in [3.05, 3.63) is 58.9 Å². The van der Waals surface area contributed by atoms with Gasteiger partial charge in [0.1, 0.15) is 11.5 Å². The molecule has 0 atom stereocenters. The number of H-pyrrole nitrogens is 1. The number of halogens is 2. The monoisotopic (exact) mass is 406 g/mol. The first-order chi connectivity index (χ1) is 13.3. The van der Waals surface area contributed by atoms with E-state index in [1.807, 2.05) is 4.72 Å². The van der Waals surface area contributed by atoms with Gasteiger partial charge in [0.15, 0.2) is 5.82 Å². The van der Waals surface area contributed by atoms with Crippen LogP contribution >= 0.6 is 0 Å². The predicted octanol–water partition coefficient (Wildman–Crippen LogP) is 2.68. The first-order valence-electron chi connectivity index (χ1n) is 8.16. The number of nitrogens with zero attached hydrogens (tertiary/aromatic N) is 1. The minimum Gasteiger partial charge on any atom is -0.345 e. The van der Waals surface area contributed by atoms with Gasteiger partial charge in [-0.2, -0.15) is 0 Å². The highest BCUT2D eigenvalue weighted by Gasteiger charge is 2.25. The molecule has 0 aliphatic heterocycles. The molecule has 0 aliphatic carbocycles. The van der Waals surface area contributed by atoms with Crippen LogP contribution in [0.15, 0.2) is 30.6 Å². The van der Waals surface area contributed by atoms with E-state index < -0.39 is 38.7 Å². The number of carbonyl (C=O) groups is 1. The number of anilines is 1. The average Bonchev–Trinajstić information content (AvgIpc) is 3.07. The van der Waals surface area contributed by atoms with Gasteiger partial charge in [0.2, 0.25) is 22.1 Å². The van der Waals surface area contributed by atoms with E-state index in [1.54, 1.807) is 13.2 Å². The smallest absolute Gasteiger partial charge is 0.235 e. The predicted molar refractivity (Wildman–Crippen MR) is 98.4 cm³/mol. The van der Waals surface area contributed by atoms with Gasteiger partial charge >= 0.3 is 0 Å². The molecule has 145 valence electrons. The minimum absolute atomic E-state index is 0.0585. The number of benzene rings is 1. The number of hydrogen-bond acceptors (Lipinski definition) is 5. The van der Waals surface area contributed by atoms with E-state index in [9.17, 15) is 26.8 Å². The van der Waals surface area contributed by atoms with Gasteiger partial charge in [0.05, 0.1) is 17.0 Å². The highest BCUT2D eigenvalue weighted by Crippen LogP contribution is 2.27. The Balaban J connectivity index is 2.10. The molecule has 2 aromatic heterocycles. The van der Waals surface area contributed by atoms with E-state index in [0.29, 0.717) is 6.42 Å². The topological polar surface area (TPSA) is 109 Å². The third kappa shape index (κ3) is 3.63. The van der Waals surface area contributed by atoms with Crippen molar-refractivity contribution in [2.75, 3.05) is 10.5 Å². The first-order valence-corrected chi connectivity index (χ1v) is 9.81. The van der Waals surface area contributed by atoms with E-state index >= 15 is 0 Å². The van der Waals surface area contributed by atoms with Gasteiger partial charge in [-0.3, -0.25) is 14.3 Å². The standard InChI is InChI=1S/C18H14F2N3O4S/c1-2-5-28(26,27)23-14-4-3-13(19)15(16(14)20)17(25)12-8-22-18-11(12)6-10(9-24)7-21-18/h3-4,6-8,23H,2,5H2,1H3,(H,21,22). The van der Waals surface area contributed by atoms with Crippen molar-refractivity contribution < 1.29 is 26.8 Å². The summed E-state index contributed by atoms with van der Waals surface area (Å²) in [6.07, 6.45) is 4.35. The summed E-state index contributed by atoms with van der Waals surface area (Å²) in [6, 6.07) is 3.02. The van der Waals surface area contributed by atoms with Crippen LogP contribution in [0.4, 0.5) is 14.5 Å². The Hall–Kier alpha value is -3.14. The number of ketones is 1. The quantitative estimate of drug-likeness (QED) is 0.587. The van der Waals surface area contributed by atoms with Gasteiger partial charge in [-0.05, 0) is 24.6 Å². The Bertz CT molecular complexity index is 1190. The Kier molecular flexibility index (Phi) is 5.23. The third-order valence-electron chi connectivity index (χ3n) is 3.95. The molecule has 3 aromatic rings. The molecule has 3 rings (SSSR count). The summed E-state index contributed by atoms with van der Waals surface area (Å²) in [7, 11) is -3.84. The zero-order valence-corrected chi connectivity index (χ0v) is 15.4. The number of aromatic nitrogens is 2. The number of sulfonamides is 1. The van der Waals surface area contributed by atoms with Gasteiger partial charge < -0.3 is 4.98 Å². The third-order valence-corrected chi connectivity index (χ3v) is 5.43. The number of fused-ring (bicyclic) bond motifs is 1. The highest BCUT2D eigenvalue weighted by atomic mass is 32.2. The largest absolute Gasteiger partial charge is 0.345 e. The summed E-state index contributed by atoms with van der Waals surface area (Å²) in [4.78, 5) is 30.2. The van der Waals surface area contributed by atoms with Crippen molar-refractivity contribution in [3.8, 4) is 0 Å². The molecule has 0 saturated heterocycles. The second kappa shape index (κ2) is 7.47. The van der Waals surface area contributed by atoms with Crippen LogP contribution in [0.5, 0.6) is 0 Å². The van der Waals surface area contributed by atoms with Gasteiger partial charge in [-0.15, -0.1) is 0 Å². The molecular formula is C18H14F2N3O4S. The summed E-state index contributed by atoms with van der Waals surface area (Å²) in [6.45, 7) is 1.63. The fraction of sp³-hybridized carbons (Fsp3) is 0.167. The maximum absolute atomic E-state index is 14.8. The van der Waals surface area contributed by atoms with E-state index in [2.05, 4.69) is 9.97 Å². The number of pyridine rings is 1. The van der Waals surface area contributed by atoms with Crippen LogP contribution in [0.3, 0.4) is 0 Å². The van der Waals surface area contributed by atoms with Crippen LogP contribution < -0.4 is 4.72 Å². The molecule has 28 heavy (non-hydrogen) atoms. The molecule has 1 radical (unpaired) electrons. The lowest BCUT2D eigenvalue weighted by molar-refractivity contribution is 0.103. The van der Waals surface area contributed by atoms with Crippen molar-refractivity contribution in [1.82, 2.24) is 9.97 Å². The van der Waals surface area contributed by atoms with Crippen LogP contribution in [0.2, 0.25) is 0 Å². The van der Waals surface area contributed by atoms with Crippen LogP contribution in [0, 0.1) is 11.6 Å². The second-order valence-corrected chi connectivity index (χ2v) is 7.80. The lowest BCUT2D eigenvalue weighted by Crippen LogP contribution is -2.18. The number of carbonyl (C=O) groups excluding carboxylic acids is 2. The van der Waals surface area contributed by atoms with Crippen molar-refractivity contribution in [1.29, 1.82) is 0 Å². The van der Waals surface area contributed by atoms with E-state index in [4.69, 9.17) is 0 Å². The molecule has 7 nitrogen and oxygen atoms in total. The Morgan fingerprint density at radius 2 is 2.07 bits per heavy atom. The Morgan fingerprint density at radius 3 is 2.75 bits per heavy atom. The summed E-state index contributed by atoms with van der Waals surface area (Å²) >= 11 is 0. The maximum atomic E-state index is 14.8. The Morgan fingerprint density at radius 1 is 1.32 bits per heavy atom. The van der Waals surface area contributed by atoms with Gasteiger partial charge in [0, 0.05) is 28.9 Å². The lowest BCUT2D eigenvalue weighted by Gasteiger charge is -2.11. The zero-order valence-electron chi connectivity index (χ0n) is 14.5. The zero-order chi connectivity index (χ0) is 20.5. The highest BCUT2D eigenvalue weighted by molar-refractivity contribution is 7.92. The van der Waals surface area contributed by atoms with Crippen LogP contribution in [-0.2, 0) is 14.8 Å². The van der Waals surface area contributed by atoms with Gasteiger partial charge in [-0.1, -0.05) is 6.92 Å². The number of hydrogen-bond donors (Lipinski definition) is 2. The van der Waals surface area contributed by atoms with Crippen molar-refractivity contribution in [2.24, 2.45) is 0 Å². The Labute approximate surface area is 158 Å². The average molecular weight is 406 g/mol. The van der Waals surface area contributed by atoms with Crippen LogP contribution in [0.25, 0.3) is 11.0 Å². The molecule has 1 aromatic carbocycles. The second-order valence-electron chi connectivity index (χ2n) is 5.96. The van der Waals surface area contributed by atoms with Crippen LogP contribution in [-0.4, -0.2) is 36.2 Å². The normalized spacial score (nSPS) is 11.5. The fourth-order valence-corrected chi connectivity index (χ4v) is 3.84. The molecule has 2 N–H and O–H groups in total. The molecule has 10 heteroatoms. The lowest BCUT2D eigenvalue weighted by atomic mass is 10.0. The van der Waals surface area contributed by atoms with E-state index in [1.165, 1.54) is 18.5 Å². The van der Waals surface area contributed by atoms with Crippen molar-refractivity contribution >= 4 is 38.8 Å². The number of nitrogens with one attached hydrogen (secondary N) is 2. The van der Waals surface area contributed by atoms with E-state index in [-0.39, 0.29) is 27.9 Å². The fourth-order valence-electron chi connectivity index (χ4n) is 2.71. The minimum atomic E-state index is -3.84. The SMILES string of the molecule is CCCS(=O)(=O)Nc1ccc(F)c(C(=O)c2c[nH]c3ncc([C]=O)cc23)c1F. The molecule has 0 saturated carbocycles. The summed E-state index contributed by atoms with van der Waals surface area (Å²) in [5, 5.41) is 0.182. The molecule has 0 amide bonds. The van der Waals surface area contributed by atoms with E-state index in [0.717, 1.165) is 12.1 Å². The molecule has 0 bridgehead atoms. The van der Waals surface area contributed by atoms with Crippen molar-refractivity contribution in [2.45, 2.75) is 13.3 Å². The number of rotatable bonds is 7. The first kappa shape index (κ1) is 19.6. The molecule has 0 spiro atoms. The van der Waals surface area contributed by atoms with Gasteiger partial charge in [0.25, 0.3) is 0 Å². The maximum Gasteiger partial charge on any atom is 0.235 e. The summed E-state index contributed by atoms with van der Waals surface area (Å²) < 4.78 is 54.9.